The van der Waals surface area contributed by atoms with Crippen molar-refractivity contribution < 1.29 is 22.4 Å². The zero-order valence-electron chi connectivity index (χ0n) is 14.1. The van der Waals surface area contributed by atoms with Gasteiger partial charge in [0, 0.05) is 43.8 Å². The second kappa shape index (κ2) is 7.72. The fourth-order valence-corrected chi connectivity index (χ4v) is 3.09. The molecule has 9 heteroatoms. The number of carbonyl (C=O) groups excluding carboxylic acids is 1. The number of anilines is 1. The van der Waals surface area contributed by atoms with Gasteiger partial charge in [0.2, 0.25) is 5.91 Å². The van der Waals surface area contributed by atoms with Crippen molar-refractivity contribution in [1.82, 2.24) is 9.88 Å². The first kappa shape index (κ1) is 19.4. The van der Waals surface area contributed by atoms with E-state index in [1.54, 1.807) is 9.80 Å². The second-order valence-corrected chi connectivity index (χ2v) is 6.60. The van der Waals surface area contributed by atoms with Gasteiger partial charge in [-0.1, -0.05) is 17.7 Å². The number of nitrogens with zero attached hydrogens (tertiary/aromatic N) is 3. The molecule has 2 heterocycles. The lowest BCUT2D eigenvalue weighted by atomic mass is 10.2. The molecule has 1 fully saturated rings. The molecule has 0 unspecified atom stereocenters. The number of aromatic nitrogens is 1. The van der Waals surface area contributed by atoms with Crippen LogP contribution in [0.1, 0.15) is 17.5 Å². The number of carbonyl (C=O) groups is 1. The first-order valence-electron chi connectivity index (χ1n) is 8.24. The molecule has 1 saturated heterocycles. The Labute approximate surface area is 158 Å². The Kier molecular flexibility index (Phi) is 5.55. The van der Waals surface area contributed by atoms with E-state index in [9.17, 15) is 22.4 Å². The molecule has 144 valence electrons. The molecule has 1 aliphatic rings. The molecule has 1 aromatic carbocycles. The van der Waals surface area contributed by atoms with Crippen LogP contribution in [-0.2, 0) is 17.5 Å². The van der Waals surface area contributed by atoms with Crippen molar-refractivity contribution in [1.29, 1.82) is 0 Å². The van der Waals surface area contributed by atoms with Crippen LogP contribution in [0, 0.1) is 5.82 Å². The number of rotatable bonds is 3. The van der Waals surface area contributed by atoms with Crippen molar-refractivity contribution in [3.8, 4) is 0 Å². The van der Waals surface area contributed by atoms with E-state index in [4.69, 9.17) is 11.6 Å². The van der Waals surface area contributed by atoms with Crippen LogP contribution >= 0.6 is 11.6 Å². The van der Waals surface area contributed by atoms with E-state index >= 15 is 0 Å². The molecule has 0 N–H and O–H groups in total. The molecule has 1 aromatic heterocycles. The highest BCUT2D eigenvalue weighted by Crippen LogP contribution is 2.29. The van der Waals surface area contributed by atoms with Gasteiger partial charge in [-0.25, -0.2) is 9.37 Å². The predicted octanol–water partition coefficient (Wildman–Crippen LogP) is 4.13. The topological polar surface area (TPSA) is 36.4 Å². The second-order valence-electron chi connectivity index (χ2n) is 6.19. The fourth-order valence-electron chi connectivity index (χ4n) is 2.86. The molecule has 2 aromatic rings. The van der Waals surface area contributed by atoms with Crippen LogP contribution in [0.2, 0.25) is 5.02 Å². The van der Waals surface area contributed by atoms with Crippen LogP contribution in [0.15, 0.2) is 36.5 Å². The summed E-state index contributed by atoms with van der Waals surface area (Å²) in [6.45, 7) is 1.37. The van der Waals surface area contributed by atoms with Gasteiger partial charge in [0.15, 0.2) is 0 Å². The van der Waals surface area contributed by atoms with E-state index in [1.807, 2.05) is 0 Å². The number of hydrogen-bond donors (Lipinski definition) is 0. The number of benzene rings is 1. The Bertz CT molecular complexity index is 826. The molecule has 0 bridgehead atoms. The summed E-state index contributed by atoms with van der Waals surface area (Å²) in [5.74, 6) is -0.173. The summed E-state index contributed by atoms with van der Waals surface area (Å²) in [4.78, 5) is 19.6. The first-order chi connectivity index (χ1) is 12.7. The minimum absolute atomic E-state index is 0.107. The maximum atomic E-state index is 13.2. The lowest BCUT2D eigenvalue weighted by Gasteiger charge is -2.23. The number of hydrogen-bond acceptors (Lipinski definition) is 3. The Morgan fingerprint density at radius 1 is 1.11 bits per heavy atom. The highest BCUT2D eigenvalue weighted by molar-refractivity contribution is 6.31. The van der Waals surface area contributed by atoms with E-state index in [0.29, 0.717) is 31.0 Å². The molecule has 0 atom stereocenters. The van der Waals surface area contributed by atoms with Gasteiger partial charge in [0.05, 0.1) is 5.56 Å². The number of alkyl halides is 3. The molecule has 0 saturated carbocycles. The summed E-state index contributed by atoms with van der Waals surface area (Å²) in [6.07, 6.45) is -3.45. The average Bonchev–Trinajstić information content (AvgIpc) is 2.79. The lowest BCUT2D eigenvalue weighted by molar-refractivity contribution is -0.137. The quantitative estimate of drug-likeness (QED) is 0.725. The van der Waals surface area contributed by atoms with Crippen LogP contribution in [-0.4, -0.2) is 35.4 Å². The Morgan fingerprint density at radius 3 is 2.52 bits per heavy atom. The van der Waals surface area contributed by atoms with Crippen LogP contribution in [0.4, 0.5) is 23.4 Å². The van der Waals surface area contributed by atoms with E-state index in [1.165, 1.54) is 24.3 Å². The van der Waals surface area contributed by atoms with E-state index < -0.39 is 17.6 Å². The molecule has 0 aliphatic carbocycles. The van der Waals surface area contributed by atoms with Gasteiger partial charge in [-0.3, -0.25) is 4.79 Å². The van der Waals surface area contributed by atoms with Gasteiger partial charge in [-0.2, -0.15) is 13.2 Å². The number of pyridine rings is 1. The van der Waals surface area contributed by atoms with Crippen LogP contribution in [0.5, 0.6) is 0 Å². The zero-order chi connectivity index (χ0) is 19.6. The van der Waals surface area contributed by atoms with Crippen molar-refractivity contribution in [2.45, 2.75) is 19.1 Å². The molecule has 1 aliphatic heterocycles. The van der Waals surface area contributed by atoms with Gasteiger partial charge >= 0.3 is 6.18 Å². The third-order valence-electron chi connectivity index (χ3n) is 4.36. The maximum Gasteiger partial charge on any atom is 0.417 e. The van der Waals surface area contributed by atoms with Gasteiger partial charge in [0.25, 0.3) is 0 Å². The Hall–Kier alpha value is -2.35. The van der Waals surface area contributed by atoms with Gasteiger partial charge < -0.3 is 9.80 Å². The molecule has 3 rings (SSSR count). The van der Waals surface area contributed by atoms with E-state index in [0.717, 1.165) is 12.3 Å². The van der Waals surface area contributed by atoms with E-state index in [-0.39, 0.29) is 23.9 Å². The molecule has 4 nitrogen and oxygen atoms in total. The van der Waals surface area contributed by atoms with Crippen molar-refractivity contribution in [3.05, 3.63) is 58.5 Å². The normalized spacial score (nSPS) is 15.8. The highest BCUT2D eigenvalue weighted by atomic mass is 35.5. The van der Waals surface area contributed by atoms with Crippen molar-refractivity contribution in [2.75, 3.05) is 24.5 Å². The monoisotopic (exact) mass is 401 g/mol. The average molecular weight is 402 g/mol. The molecular formula is C18H16ClF4N3O. The first-order valence-corrected chi connectivity index (χ1v) is 8.62. The minimum atomic E-state index is -4.44. The molecular weight excluding hydrogens is 386 g/mol. The molecule has 0 radical (unpaired) electrons. The fraction of sp³-hybridized carbons (Fsp3) is 0.333. The number of amides is 1. The SMILES string of the molecule is O=C1CCN(c2ccc(C(F)(F)F)cn2)CCN1Cc1ccc(F)cc1Cl. The summed E-state index contributed by atoms with van der Waals surface area (Å²) < 4.78 is 51.1. The van der Waals surface area contributed by atoms with Gasteiger partial charge in [-0.05, 0) is 29.8 Å². The third-order valence-corrected chi connectivity index (χ3v) is 4.72. The maximum absolute atomic E-state index is 13.2. The van der Waals surface area contributed by atoms with Gasteiger partial charge in [0.1, 0.15) is 11.6 Å². The highest BCUT2D eigenvalue weighted by Gasteiger charge is 2.31. The largest absolute Gasteiger partial charge is 0.417 e. The number of halogens is 5. The summed E-state index contributed by atoms with van der Waals surface area (Å²) in [5.41, 5.74) is -0.183. The standard InChI is InChI=1S/C18H16ClF4N3O/c19-15-9-14(20)3-1-12(15)11-26-8-7-25(6-5-17(26)27)16-4-2-13(10-24-16)18(21,22)23/h1-4,9-10H,5-8,11H2. The molecule has 27 heavy (non-hydrogen) atoms. The smallest absolute Gasteiger partial charge is 0.354 e. The Morgan fingerprint density at radius 2 is 1.89 bits per heavy atom. The zero-order valence-corrected chi connectivity index (χ0v) is 14.9. The van der Waals surface area contributed by atoms with Gasteiger partial charge in [-0.15, -0.1) is 0 Å². The summed E-state index contributed by atoms with van der Waals surface area (Å²) in [6, 6.07) is 6.29. The van der Waals surface area contributed by atoms with Crippen molar-refractivity contribution in [2.24, 2.45) is 0 Å². The molecule has 1 amide bonds. The molecule has 0 spiro atoms. The third kappa shape index (κ3) is 4.68. The van der Waals surface area contributed by atoms with Crippen molar-refractivity contribution in [3.63, 3.8) is 0 Å². The lowest BCUT2D eigenvalue weighted by Crippen LogP contribution is -2.33. The predicted molar refractivity (Wildman–Crippen MR) is 92.9 cm³/mol. The summed E-state index contributed by atoms with van der Waals surface area (Å²) >= 11 is 6.02. The summed E-state index contributed by atoms with van der Waals surface area (Å²) in [5, 5.41) is 0.244. The minimum Gasteiger partial charge on any atom is -0.354 e. The van der Waals surface area contributed by atoms with Crippen LogP contribution < -0.4 is 4.90 Å². The van der Waals surface area contributed by atoms with E-state index in [2.05, 4.69) is 4.98 Å². The van der Waals surface area contributed by atoms with Crippen molar-refractivity contribution >= 4 is 23.3 Å². The van der Waals surface area contributed by atoms with Crippen LogP contribution in [0.3, 0.4) is 0 Å². The summed E-state index contributed by atoms with van der Waals surface area (Å²) in [7, 11) is 0. The van der Waals surface area contributed by atoms with Crippen LogP contribution in [0.25, 0.3) is 0 Å². The Balaban J connectivity index is 1.69.